The molecule has 0 bridgehead atoms. The fraction of sp³-hybridized carbons (Fsp3) is 0.308. The van der Waals surface area contributed by atoms with Crippen molar-refractivity contribution in [2.24, 2.45) is 0 Å². The predicted octanol–water partition coefficient (Wildman–Crippen LogP) is 3.30. The third kappa shape index (κ3) is 3.11. The molecule has 5 heteroatoms. The Morgan fingerprint density at radius 1 is 1.33 bits per heavy atom. The summed E-state index contributed by atoms with van der Waals surface area (Å²) in [7, 11) is 0. The average Bonchev–Trinajstić information content (AvgIpc) is 2.88. The van der Waals surface area contributed by atoms with E-state index in [1.165, 1.54) is 4.90 Å². The first-order valence-corrected chi connectivity index (χ1v) is 6.90. The van der Waals surface area contributed by atoms with Gasteiger partial charge in [-0.05, 0) is 36.9 Å². The zero-order chi connectivity index (χ0) is 12.8. The average molecular weight is 259 g/mol. The summed E-state index contributed by atoms with van der Waals surface area (Å²) in [6, 6.07) is 10.1. The maximum Gasteiger partial charge on any atom is 0.226 e. The molecule has 0 aliphatic heterocycles. The van der Waals surface area contributed by atoms with Crippen molar-refractivity contribution in [1.82, 2.24) is 10.1 Å². The summed E-state index contributed by atoms with van der Waals surface area (Å²) in [6.45, 7) is 0. The molecule has 0 saturated heterocycles. The molecule has 2 rings (SSSR count). The van der Waals surface area contributed by atoms with Crippen molar-refractivity contribution in [3.63, 3.8) is 0 Å². The highest BCUT2D eigenvalue weighted by Crippen LogP contribution is 2.21. The minimum atomic E-state index is 0.514. The molecule has 0 aliphatic carbocycles. The van der Waals surface area contributed by atoms with Crippen molar-refractivity contribution in [2.75, 3.05) is 6.26 Å². The predicted molar refractivity (Wildman–Crippen MR) is 70.1 cm³/mol. The van der Waals surface area contributed by atoms with E-state index in [1.807, 2.05) is 30.5 Å². The van der Waals surface area contributed by atoms with Crippen LogP contribution in [0.2, 0.25) is 0 Å². The molecule has 18 heavy (non-hydrogen) atoms. The van der Waals surface area contributed by atoms with Gasteiger partial charge in [-0.2, -0.15) is 10.2 Å². The number of nitriles is 1. The van der Waals surface area contributed by atoms with E-state index in [0.717, 1.165) is 12.0 Å². The van der Waals surface area contributed by atoms with E-state index >= 15 is 0 Å². The molecule has 0 spiro atoms. The molecule has 92 valence electrons. The molecule has 2 aromatic rings. The fourth-order valence-corrected chi connectivity index (χ4v) is 1.94. The molecule has 1 heterocycles. The van der Waals surface area contributed by atoms with Gasteiger partial charge in [0, 0.05) is 23.3 Å². The van der Waals surface area contributed by atoms with Crippen LogP contribution in [0, 0.1) is 11.3 Å². The normalized spacial score (nSPS) is 10.2. The number of hydrogen-bond acceptors (Lipinski definition) is 5. The second-order valence-corrected chi connectivity index (χ2v) is 4.63. The highest BCUT2D eigenvalue weighted by Gasteiger charge is 2.08. The maximum atomic E-state index is 8.46. The van der Waals surface area contributed by atoms with E-state index < -0.39 is 0 Å². The molecule has 0 unspecified atom stereocenters. The number of rotatable bonds is 5. The molecular weight excluding hydrogens is 246 g/mol. The van der Waals surface area contributed by atoms with Crippen LogP contribution in [0.1, 0.15) is 18.7 Å². The van der Waals surface area contributed by atoms with Crippen molar-refractivity contribution in [3.05, 3.63) is 30.2 Å². The van der Waals surface area contributed by atoms with Gasteiger partial charge in [0.1, 0.15) is 0 Å². The largest absolute Gasteiger partial charge is 0.339 e. The molecule has 0 saturated carbocycles. The summed E-state index contributed by atoms with van der Waals surface area (Å²) in [5, 5.41) is 12.4. The lowest BCUT2D eigenvalue weighted by Gasteiger charge is -1.96. The van der Waals surface area contributed by atoms with Crippen LogP contribution in [-0.4, -0.2) is 16.4 Å². The lowest BCUT2D eigenvalue weighted by Crippen LogP contribution is -1.85. The smallest absolute Gasteiger partial charge is 0.226 e. The second kappa shape index (κ2) is 6.22. The van der Waals surface area contributed by atoms with Gasteiger partial charge in [0.2, 0.25) is 11.7 Å². The van der Waals surface area contributed by atoms with Gasteiger partial charge >= 0.3 is 0 Å². The molecule has 0 fully saturated rings. The summed E-state index contributed by atoms with van der Waals surface area (Å²) in [5.41, 5.74) is 0.947. The number of hydrogen-bond donors (Lipinski definition) is 0. The SMILES string of the molecule is CSc1ccc(-c2noc(CCCC#N)n2)cc1. The Hall–Kier alpha value is -1.80. The molecular formula is C13H13N3OS. The minimum Gasteiger partial charge on any atom is -0.339 e. The summed E-state index contributed by atoms with van der Waals surface area (Å²) in [5.74, 6) is 1.20. The molecule has 1 aromatic carbocycles. The van der Waals surface area contributed by atoms with Gasteiger partial charge in [-0.1, -0.05) is 5.16 Å². The van der Waals surface area contributed by atoms with Crippen LogP contribution in [0.5, 0.6) is 0 Å². The van der Waals surface area contributed by atoms with Crippen LogP contribution < -0.4 is 0 Å². The van der Waals surface area contributed by atoms with Gasteiger partial charge in [-0.15, -0.1) is 11.8 Å². The van der Waals surface area contributed by atoms with Crippen LogP contribution in [0.4, 0.5) is 0 Å². The van der Waals surface area contributed by atoms with E-state index in [-0.39, 0.29) is 0 Å². The summed E-state index contributed by atoms with van der Waals surface area (Å²) in [6.07, 6.45) is 3.96. The number of aryl methyl sites for hydroxylation is 1. The van der Waals surface area contributed by atoms with Crippen molar-refractivity contribution in [3.8, 4) is 17.5 Å². The quantitative estimate of drug-likeness (QED) is 0.609. The van der Waals surface area contributed by atoms with E-state index in [4.69, 9.17) is 9.78 Å². The van der Waals surface area contributed by atoms with Gasteiger partial charge in [0.15, 0.2) is 0 Å². The van der Waals surface area contributed by atoms with Crippen LogP contribution in [-0.2, 0) is 6.42 Å². The van der Waals surface area contributed by atoms with Gasteiger partial charge in [-0.3, -0.25) is 0 Å². The molecule has 0 aliphatic rings. The number of nitrogens with zero attached hydrogens (tertiary/aromatic N) is 3. The maximum absolute atomic E-state index is 8.46. The number of aromatic nitrogens is 2. The lowest BCUT2D eigenvalue weighted by molar-refractivity contribution is 0.376. The minimum absolute atomic E-state index is 0.514. The van der Waals surface area contributed by atoms with Gasteiger partial charge in [-0.25, -0.2) is 0 Å². The third-order valence-electron chi connectivity index (χ3n) is 2.50. The second-order valence-electron chi connectivity index (χ2n) is 3.75. The van der Waals surface area contributed by atoms with Gasteiger partial charge < -0.3 is 4.52 Å². The van der Waals surface area contributed by atoms with Crippen LogP contribution in [0.15, 0.2) is 33.7 Å². The van der Waals surface area contributed by atoms with Crippen molar-refractivity contribution in [2.45, 2.75) is 24.2 Å². The van der Waals surface area contributed by atoms with Crippen molar-refractivity contribution >= 4 is 11.8 Å². The molecule has 0 atom stereocenters. The topological polar surface area (TPSA) is 62.7 Å². The molecule has 0 radical (unpaired) electrons. The van der Waals surface area contributed by atoms with E-state index in [9.17, 15) is 0 Å². The molecule has 4 nitrogen and oxygen atoms in total. The van der Waals surface area contributed by atoms with Crippen molar-refractivity contribution < 1.29 is 4.52 Å². The Kier molecular flexibility index (Phi) is 4.37. The van der Waals surface area contributed by atoms with E-state index in [2.05, 4.69) is 16.2 Å². The third-order valence-corrected chi connectivity index (χ3v) is 3.24. The molecule has 1 aromatic heterocycles. The van der Waals surface area contributed by atoms with E-state index in [1.54, 1.807) is 11.8 Å². The first-order valence-electron chi connectivity index (χ1n) is 5.67. The Bertz CT molecular complexity index is 542. The Labute approximate surface area is 110 Å². The summed E-state index contributed by atoms with van der Waals surface area (Å²) >= 11 is 1.70. The fourth-order valence-electron chi connectivity index (χ4n) is 1.53. The Balaban J connectivity index is 2.06. The van der Waals surface area contributed by atoms with Crippen LogP contribution >= 0.6 is 11.8 Å². The zero-order valence-electron chi connectivity index (χ0n) is 10.1. The standard InChI is InChI=1S/C13H13N3OS/c1-18-11-7-5-10(6-8-11)13-15-12(17-16-13)4-2-3-9-14/h5-8H,2-4H2,1H3. The number of benzene rings is 1. The molecule has 0 N–H and O–H groups in total. The number of unbranched alkanes of at least 4 members (excludes halogenated alkanes) is 1. The Morgan fingerprint density at radius 2 is 2.11 bits per heavy atom. The monoisotopic (exact) mass is 259 g/mol. The highest BCUT2D eigenvalue weighted by molar-refractivity contribution is 7.98. The number of thioether (sulfide) groups is 1. The summed E-state index contributed by atoms with van der Waals surface area (Å²) in [4.78, 5) is 5.52. The summed E-state index contributed by atoms with van der Waals surface area (Å²) < 4.78 is 5.15. The Morgan fingerprint density at radius 3 is 2.78 bits per heavy atom. The van der Waals surface area contributed by atoms with E-state index in [0.29, 0.717) is 24.6 Å². The molecule has 0 amide bonds. The van der Waals surface area contributed by atoms with Gasteiger partial charge in [0.05, 0.1) is 6.07 Å². The first-order chi connectivity index (χ1) is 8.83. The lowest BCUT2D eigenvalue weighted by atomic mass is 10.2. The van der Waals surface area contributed by atoms with Crippen LogP contribution in [0.3, 0.4) is 0 Å². The zero-order valence-corrected chi connectivity index (χ0v) is 10.9. The van der Waals surface area contributed by atoms with Gasteiger partial charge in [0.25, 0.3) is 0 Å². The first kappa shape index (κ1) is 12.7. The van der Waals surface area contributed by atoms with Crippen LogP contribution in [0.25, 0.3) is 11.4 Å². The highest BCUT2D eigenvalue weighted by atomic mass is 32.2. The van der Waals surface area contributed by atoms with Crippen molar-refractivity contribution in [1.29, 1.82) is 5.26 Å².